The fraction of sp³-hybridized carbons (Fsp3) is 0.571. The van der Waals surface area contributed by atoms with Gasteiger partial charge < -0.3 is 10.0 Å². The van der Waals surface area contributed by atoms with Gasteiger partial charge >= 0.3 is 5.97 Å². The van der Waals surface area contributed by atoms with Crippen LogP contribution in [0.3, 0.4) is 0 Å². The Balaban J connectivity index is 1.83. The lowest BCUT2D eigenvalue weighted by Gasteiger charge is -2.20. The SMILES string of the molecule is O=C(O)[C@H]1CCCN1C(=O)c1cc2c(s1)CCCC2. The Hall–Kier alpha value is -1.36. The van der Waals surface area contributed by atoms with Crippen LogP contribution in [0.25, 0.3) is 0 Å². The molecule has 0 saturated carbocycles. The second-order valence-corrected chi connectivity index (χ2v) is 6.40. The van der Waals surface area contributed by atoms with Crippen molar-refractivity contribution in [3.05, 3.63) is 21.4 Å². The van der Waals surface area contributed by atoms with Crippen molar-refractivity contribution in [2.45, 2.75) is 44.6 Å². The highest BCUT2D eigenvalue weighted by Gasteiger charge is 2.35. The quantitative estimate of drug-likeness (QED) is 0.904. The Bertz CT molecular complexity index is 499. The van der Waals surface area contributed by atoms with E-state index in [2.05, 4.69) is 0 Å². The van der Waals surface area contributed by atoms with Crippen LogP contribution in [0.15, 0.2) is 6.07 Å². The molecule has 1 amide bonds. The molecule has 0 spiro atoms. The van der Waals surface area contributed by atoms with Gasteiger partial charge in [0.2, 0.25) is 0 Å². The smallest absolute Gasteiger partial charge is 0.326 e. The summed E-state index contributed by atoms with van der Waals surface area (Å²) >= 11 is 1.56. The van der Waals surface area contributed by atoms with Crippen molar-refractivity contribution in [2.75, 3.05) is 6.54 Å². The van der Waals surface area contributed by atoms with E-state index in [9.17, 15) is 9.59 Å². The minimum atomic E-state index is -0.882. The van der Waals surface area contributed by atoms with Crippen LogP contribution in [0, 0.1) is 0 Å². The Morgan fingerprint density at radius 1 is 1.26 bits per heavy atom. The third-order valence-electron chi connectivity index (χ3n) is 4.01. The second kappa shape index (κ2) is 4.96. The third kappa shape index (κ3) is 2.27. The van der Waals surface area contributed by atoms with Crippen molar-refractivity contribution in [2.24, 2.45) is 0 Å². The molecule has 4 nitrogen and oxygen atoms in total. The molecule has 1 aromatic heterocycles. The summed E-state index contributed by atoms with van der Waals surface area (Å²) in [5, 5.41) is 9.15. The van der Waals surface area contributed by atoms with Crippen molar-refractivity contribution in [1.29, 1.82) is 0 Å². The number of rotatable bonds is 2. The van der Waals surface area contributed by atoms with E-state index in [1.54, 1.807) is 11.3 Å². The van der Waals surface area contributed by atoms with Crippen LogP contribution in [-0.2, 0) is 17.6 Å². The fourth-order valence-corrected chi connectivity index (χ4v) is 4.21. The summed E-state index contributed by atoms with van der Waals surface area (Å²) in [6.07, 6.45) is 5.87. The lowest BCUT2D eigenvalue weighted by Crippen LogP contribution is -2.40. The van der Waals surface area contributed by atoms with Gasteiger partial charge in [0.05, 0.1) is 4.88 Å². The molecule has 0 radical (unpaired) electrons. The van der Waals surface area contributed by atoms with E-state index >= 15 is 0 Å². The van der Waals surface area contributed by atoms with Gasteiger partial charge in [-0.15, -0.1) is 11.3 Å². The van der Waals surface area contributed by atoms with Crippen molar-refractivity contribution < 1.29 is 14.7 Å². The zero-order valence-electron chi connectivity index (χ0n) is 10.7. The van der Waals surface area contributed by atoms with E-state index in [0.29, 0.717) is 13.0 Å². The van der Waals surface area contributed by atoms with E-state index in [0.717, 1.165) is 24.1 Å². The second-order valence-electron chi connectivity index (χ2n) is 5.26. The molecule has 0 aromatic carbocycles. The van der Waals surface area contributed by atoms with E-state index < -0.39 is 12.0 Å². The minimum absolute atomic E-state index is 0.0932. The van der Waals surface area contributed by atoms with Crippen molar-refractivity contribution in [3.8, 4) is 0 Å². The number of fused-ring (bicyclic) bond motifs is 1. The molecule has 1 aliphatic heterocycles. The number of carboxylic acids is 1. The highest BCUT2D eigenvalue weighted by atomic mass is 32.1. The number of aryl methyl sites for hydroxylation is 2. The number of aliphatic carboxylic acids is 1. The molecule has 102 valence electrons. The predicted octanol–water partition coefficient (Wildman–Crippen LogP) is 2.32. The van der Waals surface area contributed by atoms with Crippen molar-refractivity contribution in [1.82, 2.24) is 4.90 Å². The number of hydrogen-bond acceptors (Lipinski definition) is 3. The first kappa shape index (κ1) is 12.7. The van der Waals surface area contributed by atoms with Crippen molar-refractivity contribution >= 4 is 23.2 Å². The van der Waals surface area contributed by atoms with Gasteiger partial charge in [-0.1, -0.05) is 0 Å². The lowest BCUT2D eigenvalue weighted by molar-refractivity contribution is -0.141. The third-order valence-corrected chi connectivity index (χ3v) is 5.23. The first-order chi connectivity index (χ1) is 9.16. The molecule has 1 aromatic rings. The number of amides is 1. The average molecular weight is 279 g/mol. The number of carboxylic acid groups (broad SMARTS) is 1. The number of carbonyl (C=O) groups excluding carboxylic acids is 1. The molecule has 0 unspecified atom stereocenters. The molecule has 1 saturated heterocycles. The van der Waals surface area contributed by atoms with Gasteiger partial charge in [0.1, 0.15) is 6.04 Å². The molecule has 1 aliphatic carbocycles. The maximum atomic E-state index is 12.5. The summed E-state index contributed by atoms with van der Waals surface area (Å²) in [6.45, 7) is 0.568. The van der Waals surface area contributed by atoms with Crippen LogP contribution >= 0.6 is 11.3 Å². The molecule has 19 heavy (non-hydrogen) atoms. The van der Waals surface area contributed by atoms with Gasteiger partial charge in [-0.3, -0.25) is 4.79 Å². The minimum Gasteiger partial charge on any atom is -0.480 e. The highest BCUT2D eigenvalue weighted by molar-refractivity contribution is 7.14. The molecule has 3 rings (SSSR count). The maximum absolute atomic E-state index is 12.5. The normalized spacial score (nSPS) is 22.3. The predicted molar refractivity (Wildman–Crippen MR) is 72.7 cm³/mol. The summed E-state index contributed by atoms with van der Waals surface area (Å²) in [5.41, 5.74) is 1.30. The molecular weight excluding hydrogens is 262 g/mol. The van der Waals surface area contributed by atoms with Gasteiger partial charge in [-0.2, -0.15) is 0 Å². The fourth-order valence-electron chi connectivity index (χ4n) is 3.00. The summed E-state index contributed by atoms with van der Waals surface area (Å²) < 4.78 is 0. The van der Waals surface area contributed by atoms with Gasteiger partial charge in [0.15, 0.2) is 0 Å². The first-order valence-electron chi connectivity index (χ1n) is 6.82. The summed E-state index contributed by atoms with van der Waals surface area (Å²) in [6, 6.07) is 1.35. The Morgan fingerprint density at radius 3 is 2.79 bits per heavy atom. The largest absolute Gasteiger partial charge is 0.480 e. The maximum Gasteiger partial charge on any atom is 0.326 e. The summed E-state index contributed by atoms with van der Waals surface area (Å²) in [7, 11) is 0. The number of carbonyl (C=O) groups is 2. The summed E-state index contributed by atoms with van der Waals surface area (Å²) in [4.78, 5) is 27.2. The number of thiophene rings is 1. The van der Waals surface area contributed by atoms with E-state index in [-0.39, 0.29) is 5.91 Å². The standard InChI is InChI=1S/C14H17NO3S/c16-13(15-7-3-5-10(15)14(17)18)12-8-9-4-1-2-6-11(9)19-12/h8,10H,1-7H2,(H,17,18)/t10-/m1/s1. The van der Waals surface area contributed by atoms with Gasteiger partial charge in [-0.25, -0.2) is 4.79 Å². The molecule has 0 bridgehead atoms. The summed E-state index contributed by atoms with van der Waals surface area (Å²) in [5.74, 6) is -0.975. The zero-order chi connectivity index (χ0) is 13.4. The Morgan fingerprint density at radius 2 is 2.05 bits per heavy atom. The number of likely N-dealkylation sites (tertiary alicyclic amines) is 1. The lowest BCUT2D eigenvalue weighted by atomic mass is 9.99. The highest BCUT2D eigenvalue weighted by Crippen LogP contribution is 2.31. The first-order valence-corrected chi connectivity index (χ1v) is 7.64. The van der Waals surface area contributed by atoms with Gasteiger partial charge in [-0.05, 0) is 50.2 Å². The van der Waals surface area contributed by atoms with Crippen LogP contribution in [0.1, 0.15) is 45.8 Å². The Kier molecular flexibility index (Phi) is 3.31. The van der Waals surface area contributed by atoms with Crippen LogP contribution < -0.4 is 0 Å². The monoisotopic (exact) mass is 279 g/mol. The molecule has 1 N–H and O–H groups in total. The average Bonchev–Trinajstić information content (AvgIpc) is 3.04. The van der Waals surface area contributed by atoms with E-state index in [4.69, 9.17) is 5.11 Å². The molecule has 2 heterocycles. The molecule has 5 heteroatoms. The topological polar surface area (TPSA) is 57.6 Å². The zero-order valence-corrected chi connectivity index (χ0v) is 11.5. The number of nitrogens with zero attached hydrogens (tertiary/aromatic N) is 1. The molecule has 1 fully saturated rings. The van der Waals surface area contributed by atoms with Crippen LogP contribution in [0.4, 0.5) is 0 Å². The molecule has 1 atom stereocenters. The van der Waals surface area contributed by atoms with Gasteiger partial charge in [0, 0.05) is 11.4 Å². The van der Waals surface area contributed by atoms with Crippen molar-refractivity contribution in [3.63, 3.8) is 0 Å². The van der Waals surface area contributed by atoms with Crippen LogP contribution in [0.2, 0.25) is 0 Å². The Labute approximate surface area is 116 Å². The molecule has 2 aliphatic rings. The van der Waals surface area contributed by atoms with Crippen LogP contribution in [-0.4, -0.2) is 34.5 Å². The number of hydrogen-bond donors (Lipinski definition) is 1. The van der Waals surface area contributed by atoms with Crippen LogP contribution in [0.5, 0.6) is 0 Å². The molecular formula is C14H17NO3S. The van der Waals surface area contributed by atoms with E-state index in [1.165, 1.54) is 28.2 Å². The van der Waals surface area contributed by atoms with Gasteiger partial charge in [0.25, 0.3) is 5.91 Å². The van der Waals surface area contributed by atoms with E-state index in [1.807, 2.05) is 6.07 Å².